The molecule has 1 rings (SSSR count). The Morgan fingerprint density at radius 3 is 2.36 bits per heavy atom. The van der Waals surface area contributed by atoms with Gasteiger partial charge in [-0.2, -0.15) is 0 Å². The van der Waals surface area contributed by atoms with E-state index in [0.29, 0.717) is 25.6 Å². The lowest BCUT2D eigenvalue weighted by atomic mass is 10.0. The summed E-state index contributed by atoms with van der Waals surface area (Å²) < 4.78 is 14.1. The number of likely N-dealkylation sites (N-methyl/N-ethyl adjacent to an activating group) is 2. The van der Waals surface area contributed by atoms with E-state index >= 15 is 0 Å². The zero-order chi connectivity index (χ0) is 27.4. The molecule has 1 aromatic rings. The summed E-state index contributed by atoms with van der Waals surface area (Å²) in [5, 5.41) is 2.71. The van der Waals surface area contributed by atoms with Crippen molar-refractivity contribution in [2.75, 3.05) is 27.7 Å². The van der Waals surface area contributed by atoms with Gasteiger partial charge in [-0.15, -0.1) is 0 Å². The Kier molecular flexibility index (Phi) is 12.8. The van der Waals surface area contributed by atoms with Crippen molar-refractivity contribution in [1.29, 1.82) is 0 Å². The highest BCUT2D eigenvalue weighted by Crippen LogP contribution is 2.15. The number of nitrogens with one attached hydrogen (secondary N) is 1. The molecule has 200 valence electrons. The maximum atomic E-state index is 12.7. The highest BCUT2D eigenvalue weighted by atomic mass is 19.1. The largest absolute Gasteiger partial charge is 0.350 e. The molecule has 0 spiro atoms. The van der Waals surface area contributed by atoms with Crippen molar-refractivity contribution < 1.29 is 18.8 Å². The third-order valence-electron chi connectivity index (χ3n) is 6.06. The molecule has 10 heteroatoms. The number of halogens is 1. The second-order valence-corrected chi connectivity index (χ2v) is 9.57. The van der Waals surface area contributed by atoms with E-state index in [-0.39, 0.29) is 35.8 Å². The molecule has 36 heavy (non-hydrogen) atoms. The van der Waals surface area contributed by atoms with E-state index in [1.165, 1.54) is 46.9 Å². The van der Waals surface area contributed by atoms with Gasteiger partial charge in [-0.3, -0.25) is 23.7 Å². The summed E-state index contributed by atoms with van der Waals surface area (Å²) in [6.45, 7) is 7.88. The highest BCUT2D eigenvalue weighted by molar-refractivity contribution is 6.34. The van der Waals surface area contributed by atoms with Crippen molar-refractivity contribution in [3.05, 3.63) is 52.5 Å². The molecule has 0 radical (unpaired) electrons. The molecular formula is C26H40FN5O4. The third kappa shape index (κ3) is 9.75. The van der Waals surface area contributed by atoms with E-state index in [1.54, 1.807) is 7.05 Å². The second-order valence-electron chi connectivity index (χ2n) is 9.57. The first-order valence-electron chi connectivity index (χ1n) is 12.1. The minimum Gasteiger partial charge on any atom is -0.350 e. The van der Waals surface area contributed by atoms with Crippen molar-refractivity contribution in [2.24, 2.45) is 5.92 Å². The fourth-order valence-corrected chi connectivity index (χ4v) is 3.48. The quantitative estimate of drug-likeness (QED) is 0.347. The number of nitrogens with zero attached hydrogens (tertiary/aromatic N) is 4. The number of hydrogen-bond donors (Lipinski definition) is 1. The van der Waals surface area contributed by atoms with Crippen molar-refractivity contribution in [2.45, 2.75) is 65.5 Å². The summed E-state index contributed by atoms with van der Waals surface area (Å²) in [5.74, 6) is -1.82. The first kappa shape index (κ1) is 30.7. The number of hydrogen-bond acceptors (Lipinski definition) is 5. The topological polar surface area (TPSA) is 105 Å². The Hall–Kier alpha value is -3.30. The summed E-state index contributed by atoms with van der Waals surface area (Å²) in [5.41, 5.74) is 0.768. The first-order valence-corrected chi connectivity index (χ1v) is 12.1. The number of carbonyl (C=O) groups is 3. The van der Waals surface area contributed by atoms with Gasteiger partial charge in [0.05, 0.1) is 12.7 Å². The Morgan fingerprint density at radius 2 is 1.81 bits per heavy atom. The molecule has 0 saturated heterocycles. The van der Waals surface area contributed by atoms with Gasteiger partial charge >= 0.3 is 11.8 Å². The van der Waals surface area contributed by atoms with Crippen LogP contribution in [0.3, 0.4) is 0 Å². The van der Waals surface area contributed by atoms with Gasteiger partial charge in [-0.1, -0.05) is 17.7 Å². The normalized spacial score (nSPS) is 13.6. The maximum absolute atomic E-state index is 12.7. The first-order chi connectivity index (χ1) is 16.9. The summed E-state index contributed by atoms with van der Waals surface area (Å²) in [4.78, 5) is 56.0. The van der Waals surface area contributed by atoms with Crippen LogP contribution >= 0.6 is 0 Å². The third-order valence-corrected chi connectivity index (χ3v) is 6.06. The zero-order valence-electron chi connectivity index (χ0n) is 22.5. The molecule has 0 fully saturated rings. The lowest BCUT2D eigenvalue weighted by Crippen LogP contribution is -2.44. The van der Waals surface area contributed by atoms with E-state index < -0.39 is 17.7 Å². The average Bonchev–Trinajstić information content (AvgIpc) is 2.83. The Bertz CT molecular complexity index is 1010. The fraction of sp³-hybridized carbons (Fsp3) is 0.577. The number of rotatable bonds is 12. The van der Waals surface area contributed by atoms with Crippen LogP contribution in [0.25, 0.3) is 0 Å². The fourth-order valence-electron chi connectivity index (χ4n) is 3.48. The lowest BCUT2D eigenvalue weighted by Gasteiger charge is -2.26. The summed E-state index contributed by atoms with van der Waals surface area (Å²) >= 11 is 0. The molecule has 0 saturated carbocycles. The minimum absolute atomic E-state index is 0.00737. The minimum atomic E-state index is -0.568. The van der Waals surface area contributed by atoms with Gasteiger partial charge < -0.3 is 15.1 Å². The van der Waals surface area contributed by atoms with Crippen molar-refractivity contribution in [3.8, 4) is 0 Å². The van der Waals surface area contributed by atoms with Gasteiger partial charge in [-0.05, 0) is 53.4 Å². The average molecular weight is 506 g/mol. The van der Waals surface area contributed by atoms with Crippen LogP contribution in [0.1, 0.15) is 69.9 Å². The molecule has 0 aliphatic rings. The molecule has 0 bridgehead atoms. The smallest absolute Gasteiger partial charge is 0.312 e. The molecule has 3 unspecified atom stereocenters. The Morgan fingerprint density at radius 1 is 1.14 bits per heavy atom. The van der Waals surface area contributed by atoms with Gasteiger partial charge in [0.1, 0.15) is 5.69 Å². The maximum Gasteiger partial charge on any atom is 0.312 e. The molecule has 1 heterocycles. The van der Waals surface area contributed by atoms with Gasteiger partial charge in [0.2, 0.25) is 0 Å². The van der Waals surface area contributed by atoms with Crippen LogP contribution in [0.2, 0.25) is 0 Å². The second kappa shape index (κ2) is 15.0. The molecular weight excluding hydrogens is 465 g/mol. The Labute approximate surface area is 213 Å². The monoisotopic (exact) mass is 505 g/mol. The van der Waals surface area contributed by atoms with E-state index in [0.717, 1.165) is 12.0 Å². The molecule has 0 aliphatic heterocycles. The number of aromatic nitrogens is 2. The van der Waals surface area contributed by atoms with Gasteiger partial charge in [-0.25, -0.2) is 9.37 Å². The molecule has 1 aromatic heterocycles. The van der Waals surface area contributed by atoms with Crippen LogP contribution in [0.4, 0.5) is 4.39 Å². The number of carbonyl (C=O) groups excluding carboxylic acids is 3. The zero-order valence-corrected chi connectivity index (χ0v) is 22.5. The van der Waals surface area contributed by atoms with Gasteiger partial charge in [0, 0.05) is 51.8 Å². The van der Waals surface area contributed by atoms with E-state index in [4.69, 9.17) is 0 Å². The van der Waals surface area contributed by atoms with E-state index in [9.17, 15) is 23.6 Å². The predicted molar refractivity (Wildman–Crippen MR) is 138 cm³/mol. The predicted octanol–water partition coefficient (Wildman–Crippen LogP) is 3.10. The summed E-state index contributed by atoms with van der Waals surface area (Å²) in [6.07, 6.45) is 7.82. The summed E-state index contributed by atoms with van der Waals surface area (Å²) in [6, 6.07) is 0.897. The molecule has 3 amide bonds. The van der Waals surface area contributed by atoms with Crippen LogP contribution in [0.15, 0.2) is 41.2 Å². The van der Waals surface area contributed by atoms with Crippen LogP contribution < -0.4 is 10.9 Å². The van der Waals surface area contributed by atoms with Crippen LogP contribution in [0.5, 0.6) is 0 Å². The molecule has 3 atom stereocenters. The van der Waals surface area contributed by atoms with Crippen molar-refractivity contribution >= 4 is 17.7 Å². The van der Waals surface area contributed by atoms with Crippen molar-refractivity contribution in [1.82, 2.24) is 24.7 Å². The highest BCUT2D eigenvalue weighted by Gasteiger charge is 2.24. The molecule has 0 aromatic carbocycles. The van der Waals surface area contributed by atoms with Crippen molar-refractivity contribution in [3.63, 3.8) is 0 Å². The molecule has 1 N–H and O–H groups in total. The van der Waals surface area contributed by atoms with E-state index in [1.807, 2.05) is 33.8 Å². The lowest BCUT2D eigenvalue weighted by molar-refractivity contribution is -0.150. The van der Waals surface area contributed by atoms with Gasteiger partial charge in [0.15, 0.2) is 0 Å². The van der Waals surface area contributed by atoms with Gasteiger partial charge in [0.25, 0.3) is 11.5 Å². The van der Waals surface area contributed by atoms with Crippen LogP contribution in [0, 0.1) is 5.92 Å². The number of amides is 3. The standard InChI is InChI=1S/C26H40FN5O4/c1-18(2)11-12-21(13-14-27)16-28-24(34)22-15-23(33)32(17-29-22)20(4)10-8-9-19(3)31(7)26(36)25(35)30(5)6/h11,13-15,17,19-21H,8-10,12,16H2,1-7H3,(H,28,34)/b14-13+. The van der Waals surface area contributed by atoms with Crippen LogP contribution in [-0.2, 0) is 9.59 Å². The summed E-state index contributed by atoms with van der Waals surface area (Å²) in [7, 11) is 4.68. The molecule has 9 nitrogen and oxygen atoms in total. The Balaban J connectivity index is 2.67. The number of allylic oxidation sites excluding steroid dienone is 2. The SMILES string of the molecule is CC(C)=CCC(/C=C/F)CNC(=O)c1cc(=O)n(C(C)CCCC(C)N(C)C(=O)C(=O)N(C)C)cn1. The molecule has 0 aliphatic carbocycles. The van der Waals surface area contributed by atoms with Crippen LogP contribution in [-0.4, -0.2) is 70.8 Å². The van der Waals surface area contributed by atoms with E-state index in [2.05, 4.69) is 10.3 Å².